The highest BCUT2D eigenvalue weighted by Crippen LogP contribution is 2.47. The van der Waals surface area contributed by atoms with Gasteiger partial charge in [-0.3, -0.25) is 0 Å². The average Bonchev–Trinajstić information content (AvgIpc) is 3.69. The molecular formula is C42H27N3S. The lowest BCUT2D eigenvalue weighted by molar-refractivity contribution is 1.01. The Balaban J connectivity index is 1.23. The molecule has 46 heavy (non-hydrogen) atoms. The summed E-state index contributed by atoms with van der Waals surface area (Å²) < 4.78 is 5.12. The fourth-order valence-corrected chi connectivity index (χ4v) is 8.66. The van der Waals surface area contributed by atoms with Gasteiger partial charge in [-0.15, -0.1) is 11.3 Å². The lowest BCUT2D eigenvalue weighted by atomic mass is 9.94. The quantitative estimate of drug-likeness (QED) is 0.213. The van der Waals surface area contributed by atoms with Crippen molar-refractivity contribution in [2.24, 2.45) is 4.99 Å². The highest BCUT2D eigenvalue weighted by Gasteiger charge is 2.26. The average molecular weight is 606 g/mol. The summed E-state index contributed by atoms with van der Waals surface area (Å²) in [5.74, 6) is 0. The van der Waals surface area contributed by atoms with Crippen molar-refractivity contribution >= 4 is 81.2 Å². The summed E-state index contributed by atoms with van der Waals surface area (Å²) in [6, 6.07) is 54.5. The molecule has 0 saturated carbocycles. The summed E-state index contributed by atoms with van der Waals surface area (Å²) in [6.45, 7) is 0. The Hall–Kier alpha value is -5.71. The van der Waals surface area contributed by atoms with Crippen LogP contribution in [0.5, 0.6) is 0 Å². The first-order chi connectivity index (χ1) is 22.8. The number of hydrogen-bond donors (Lipinski definition) is 1. The van der Waals surface area contributed by atoms with Gasteiger partial charge in [0.2, 0.25) is 0 Å². The number of aromatic nitrogens is 1. The van der Waals surface area contributed by atoms with Crippen LogP contribution in [-0.2, 0) is 0 Å². The van der Waals surface area contributed by atoms with Gasteiger partial charge in [-0.2, -0.15) is 0 Å². The van der Waals surface area contributed by atoms with Crippen molar-refractivity contribution in [2.75, 3.05) is 5.32 Å². The fourth-order valence-electron chi connectivity index (χ4n) is 7.41. The van der Waals surface area contributed by atoms with E-state index in [9.17, 15) is 0 Å². The van der Waals surface area contributed by atoms with Crippen molar-refractivity contribution in [2.45, 2.75) is 6.04 Å². The number of para-hydroxylation sites is 3. The number of fused-ring (bicyclic) bond motifs is 11. The van der Waals surface area contributed by atoms with Crippen LogP contribution in [0.25, 0.3) is 58.4 Å². The third-order valence-corrected chi connectivity index (χ3v) is 10.6. The van der Waals surface area contributed by atoms with Gasteiger partial charge >= 0.3 is 0 Å². The van der Waals surface area contributed by atoms with E-state index in [0.717, 1.165) is 28.3 Å². The molecule has 0 aliphatic carbocycles. The van der Waals surface area contributed by atoms with E-state index in [-0.39, 0.29) is 6.04 Å². The zero-order chi connectivity index (χ0) is 30.2. The largest absolute Gasteiger partial charge is 0.371 e. The van der Waals surface area contributed by atoms with Crippen molar-refractivity contribution in [1.29, 1.82) is 0 Å². The van der Waals surface area contributed by atoms with Gasteiger partial charge in [0.15, 0.2) is 0 Å². The Kier molecular flexibility index (Phi) is 5.51. The summed E-state index contributed by atoms with van der Waals surface area (Å²) >= 11 is 1.90. The van der Waals surface area contributed by atoms with Gasteiger partial charge in [-0.05, 0) is 58.3 Å². The van der Waals surface area contributed by atoms with Gasteiger partial charge in [0, 0.05) is 31.9 Å². The topological polar surface area (TPSA) is 29.3 Å². The van der Waals surface area contributed by atoms with E-state index in [2.05, 4.69) is 155 Å². The summed E-state index contributed by atoms with van der Waals surface area (Å²) in [7, 11) is 0. The molecule has 216 valence electrons. The molecule has 1 aliphatic rings. The maximum absolute atomic E-state index is 5.21. The van der Waals surface area contributed by atoms with E-state index < -0.39 is 0 Å². The number of nitrogens with zero attached hydrogens (tertiary/aromatic N) is 2. The van der Waals surface area contributed by atoms with Gasteiger partial charge in [0.05, 0.1) is 38.9 Å². The van der Waals surface area contributed by atoms with E-state index in [0.29, 0.717) is 0 Å². The Labute approximate surface area is 269 Å². The number of hydrogen-bond acceptors (Lipinski definition) is 3. The van der Waals surface area contributed by atoms with E-state index in [1.807, 2.05) is 17.4 Å². The normalized spacial score (nSPS) is 14.6. The Morgan fingerprint density at radius 2 is 1.22 bits per heavy atom. The Bertz CT molecular complexity index is 2660. The number of anilines is 1. The van der Waals surface area contributed by atoms with E-state index in [1.165, 1.54) is 58.3 Å². The third-order valence-electron chi connectivity index (χ3n) is 9.42. The molecule has 0 spiro atoms. The number of nitrogens with one attached hydrogen (secondary N) is 1. The maximum Gasteiger partial charge on any atom is 0.0947 e. The Morgan fingerprint density at radius 1 is 0.565 bits per heavy atom. The molecule has 4 heteroatoms. The van der Waals surface area contributed by atoms with Crippen LogP contribution in [-0.4, -0.2) is 10.3 Å². The molecule has 1 aliphatic heterocycles. The molecule has 0 saturated heterocycles. The minimum absolute atomic E-state index is 0.0419. The first kappa shape index (κ1) is 25.6. The minimum atomic E-state index is -0.0419. The minimum Gasteiger partial charge on any atom is -0.371 e. The SMILES string of the molecule is c1ccc(C2Nc3ccccc3N=C2c2ccc(-n3c4ccccc4c4c5ccccc5c5c6ccccc6sc5c43)cc2)cc1. The molecular weight excluding hydrogens is 579 g/mol. The van der Waals surface area contributed by atoms with Crippen LogP contribution in [0.4, 0.5) is 11.4 Å². The molecule has 10 rings (SSSR count). The van der Waals surface area contributed by atoms with Crippen molar-refractivity contribution in [3.63, 3.8) is 0 Å². The summed E-state index contributed by atoms with van der Waals surface area (Å²) in [5.41, 5.74) is 8.99. The van der Waals surface area contributed by atoms with Crippen LogP contribution in [0, 0.1) is 0 Å². The molecule has 3 heterocycles. The Morgan fingerprint density at radius 3 is 2.04 bits per heavy atom. The van der Waals surface area contributed by atoms with Crippen LogP contribution in [0.2, 0.25) is 0 Å². The van der Waals surface area contributed by atoms with Crippen LogP contribution in [0.15, 0.2) is 157 Å². The van der Waals surface area contributed by atoms with E-state index in [4.69, 9.17) is 4.99 Å². The number of aliphatic imine (C=N–C) groups is 1. The van der Waals surface area contributed by atoms with Gasteiger partial charge in [0.1, 0.15) is 0 Å². The van der Waals surface area contributed by atoms with Gasteiger partial charge in [-0.1, -0.05) is 115 Å². The molecule has 0 bridgehead atoms. The smallest absolute Gasteiger partial charge is 0.0947 e. The first-order valence-electron chi connectivity index (χ1n) is 15.7. The van der Waals surface area contributed by atoms with Crippen LogP contribution in [0.1, 0.15) is 17.2 Å². The van der Waals surface area contributed by atoms with Crippen molar-refractivity contribution in [1.82, 2.24) is 4.57 Å². The van der Waals surface area contributed by atoms with E-state index >= 15 is 0 Å². The molecule has 1 N–H and O–H groups in total. The maximum atomic E-state index is 5.21. The van der Waals surface area contributed by atoms with Crippen LogP contribution in [0.3, 0.4) is 0 Å². The van der Waals surface area contributed by atoms with E-state index in [1.54, 1.807) is 0 Å². The molecule has 0 fully saturated rings. The third kappa shape index (κ3) is 3.68. The van der Waals surface area contributed by atoms with Crippen LogP contribution < -0.4 is 5.32 Å². The summed E-state index contributed by atoms with van der Waals surface area (Å²) in [4.78, 5) is 5.21. The number of thiophene rings is 1. The van der Waals surface area contributed by atoms with Crippen molar-refractivity contribution < 1.29 is 0 Å². The summed E-state index contributed by atoms with van der Waals surface area (Å²) in [5, 5.41) is 11.6. The number of rotatable bonds is 3. The molecule has 9 aromatic rings. The predicted octanol–water partition coefficient (Wildman–Crippen LogP) is 11.6. The fraction of sp³-hybridized carbons (Fsp3) is 0.0238. The zero-order valence-electron chi connectivity index (χ0n) is 24.8. The second-order valence-electron chi connectivity index (χ2n) is 12.0. The molecule has 0 radical (unpaired) electrons. The van der Waals surface area contributed by atoms with Gasteiger partial charge < -0.3 is 9.88 Å². The second-order valence-corrected chi connectivity index (χ2v) is 13.0. The molecule has 1 atom stereocenters. The van der Waals surface area contributed by atoms with Gasteiger partial charge in [0.25, 0.3) is 0 Å². The molecule has 7 aromatic carbocycles. The highest BCUT2D eigenvalue weighted by molar-refractivity contribution is 7.27. The lowest BCUT2D eigenvalue weighted by Gasteiger charge is -2.28. The standard InChI is InChI=1S/C42H27N3S/c1-2-12-26(13-3-1)39-40(44-34-19-9-8-18-33(34)43-39)27-22-24-28(25-23-27)45-35-20-10-6-16-31(35)37-29-14-4-5-15-30(29)38-32-17-7-11-21-36(32)46-42(38)41(37)45/h1-25,39,43H. The summed E-state index contributed by atoms with van der Waals surface area (Å²) in [6.07, 6.45) is 0. The molecule has 2 aromatic heterocycles. The van der Waals surface area contributed by atoms with Gasteiger partial charge in [-0.25, -0.2) is 4.99 Å². The molecule has 1 unspecified atom stereocenters. The molecule has 3 nitrogen and oxygen atoms in total. The van der Waals surface area contributed by atoms with Crippen molar-refractivity contribution in [3.8, 4) is 5.69 Å². The number of benzene rings is 7. The second kappa shape index (κ2) is 9.90. The van der Waals surface area contributed by atoms with Crippen LogP contribution >= 0.6 is 11.3 Å². The zero-order valence-corrected chi connectivity index (χ0v) is 25.6. The van der Waals surface area contributed by atoms with Crippen molar-refractivity contribution in [3.05, 3.63) is 163 Å². The predicted molar refractivity (Wildman–Crippen MR) is 197 cm³/mol. The highest BCUT2D eigenvalue weighted by atomic mass is 32.1. The monoisotopic (exact) mass is 605 g/mol. The lowest BCUT2D eigenvalue weighted by Crippen LogP contribution is -2.24. The first-order valence-corrected chi connectivity index (χ1v) is 16.5. The molecule has 0 amide bonds.